The summed E-state index contributed by atoms with van der Waals surface area (Å²) >= 11 is 0. The van der Waals surface area contributed by atoms with Crippen molar-refractivity contribution in [2.75, 3.05) is 0 Å². The zero-order chi connectivity index (χ0) is 19.5. The molecule has 1 aromatic carbocycles. The van der Waals surface area contributed by atoms with Crippen LogP contribution in [-0.4, -0.2) is 0 Å². The molecule has 1 fully saturated rings. The van der Waals surface area contributed by atoms with Gasteiger partial charge in [-0.2, -0.15) is 0 Å². The van der Waals surface area contributed by atoms with Gasteiger partial charge in [-0.05, 0) is 61.5 Å². The van der Waals surface area contributed by atoms with Crippen molar-refractivity contribution in [3.8, 4) is 0 Å². The molecule has 0 spiro atoms. The van der Waals surface area contributed by atoms with Gasteiger partial charge in [0.25, 0.3) is 0 Å². The van der Waals surface area contributed by atoms with Crippen molar-refractivity contribution >= 4 is 0 Å². The SMILES string of the molecule is CCCCCCCC[C@H]1CC[C@H](c2ccc(CCCCC)c(F)c2F)CC1. The van der Waals surface area contributed by atoms with Crippen LogP contribution in [-0.2, 0) is 6.42 Å². The summed E-state index contributed by atoms with van der Waals surface area (Å²) in [4.78, 5) is 0. The molecule has 0 aliphatic heterocycles. The Bertz CT molecular complexity index is 529. The van der Waals surface area contributed by atoms with Crippen molar-refractivity contribution in [3.63, 3.8) is 0 Å². The molecule has 1 saturated carbocycles. The summed E-state index contributed by atoms with van der Waals surface area (Å²) < 4.78 is 29.1. The Hall–Kier alpha value is -0.920. The Morgan fingerprint density at radius 3 is 2.07 bits per heavy atom. The molecule has 0 radical (unpaired) electrons. The molecule has 27 heavy (non-hydrogen) atoms. The van der Waals surface area contributed by atoms with Crippen LogP contribution in [0, 0.1) is 17.6 Å². The van der Waals surface area contributed by atoms with E-state index >= 15 is 0 Å². The molecule has 0 atom stereocenters. The summed E-state index contributed by atoms with van der Waals surface area (Å²) in [5.74, 6) is -0.139. The second kappa shape index (κ2) is 12.5. The number of hydrogen-bond donors (Lipinski definition) is 0. The van der Waals surface area contributed by atoms with E-state index in [2.05, 4.69) is 13.8 Å². The maximum atomic E-state index is 14.6. The van der Waals surface area contributed by atoms with E-state index in [1.807, 2.05) is 12.1 Å². The number of benzene rings is 1. The molecular weight excluding hydrogens is 338 g/mol. The Labute approximate surface area is 166 Å². The smallest absolute Gasteiger partial charge is 0.162 e. The van der Waals surface area contributed by atoms with Crippen molar-refractivity contribution < 1.29 is 8.78 Å². The molecule has 0 nitrogen and oxygen atoms in total. The zero-order valence-corrected chi connectivity index (χ0v) is 17.7. The van der Waals surface area contributed by atoms with Crippen LogP contribution in [0.4, 0.5) is 8.78 Å². The first-order valence-electron chi connectivity index (χ1n) is 11.6. The molecule has 1 aliphatic carbocycles. The Morgan fingerprint density at radius 2 is 1.37 bits per heavy atom. The highest BCUT2D eigenvalue weighted by atomic mass is 19.2. The number of halogens is 2. The van der Waals surface area contributed by atoms with Crippen molar-refractivity contribution in [1.82, 2.24) is 0 Å². The molecule has 154 valence electrons. The van der Waals surface area contributed by atoms with E-state index < -0.39 is 11.6 Å². The fraction of sp³-hybridized carbons (Fsp3) is 0.760. The highest BCUT2D eigenvalue weighted by molar-refractivity contribution is 5.29. The molecule has 0 unspecified atom stereocenters. The highest BCUT2D eigenvalue weighted by Crippen LogP contribution is 2.39. The fourth-order valence-corrected chi connectivity index (χ4v) is 4.65. The summed E-state index contributed by atoms with van der Waals surface area (Å²) in [6.07, 6.45) is 17.6. The quantitative estimate of drug-likeness (QED) is 0.319. The second-order valence-corrected chi connectivity index (χ2v) is 8.67. The minimum absolute atomic E-state index is 0.213. The van der Waals surface area contributed by atoms with Gasteiger partial charge in [0.1, 0.15) is 0 Å². The van der Waals surface area contributed by atoms with Gasteiger partial charge in [-0.25, -0.2) is 8.78 Å². The van der Waals surface area contributed by atoms with Crippen LogP contribution >= 0.6 is 0 Å². The topological polar surface area (TPSA) is 0 Å². The fourth-order valence-electron chi connectivity index (χ4n) is 4.65. The van der Waals surface area contributed by atoms with Crippen molar-refractivity contribution in [1.29, 1.82) is 0 Å². The van der Waals surface area contributed by atoms with Crippen LogP contribution in [0.3, 0.4) is 0 Å². The van der Waals surface area contributed by atoms with E-state index in [0.29, 0.717) is 17.5 Å². The highest BCUT2D eigenvalue weighted by Gasteiger charge is 2.26. The van der Waals surface area contributed by atoms with Gasteiger partial charge in [-0.1, -0.05) is 83.8 Å². The standard InChI is InChI=1S/C25H40F2/c1-3-5-7-8-9-11-12-20-14-16-21(17-15-20)23-19-18-22(13-10-6-4-2)24(26)25(23)27/h18-21H,3-17H2,1-2H3/t20-,21-. The summed E-state index contributed by atoms with van der Waals surface area (Å²) in [6, 6.07) is 3.71. The molecule has 2 heteroatoms. The maximum Gasteiger partial charge on any atom is 0.162 e. The van der Waals surface area contributed by atoms with Gasteiger partial charge in [0.2, 0.25) is 0 Å². The van der Waals surface area contributed by atoms with Crippen LogP contribution in [0.2, 0.25) is 0 Å². The minimum Gasteiger partial charge on any atom is -0.203 e. The second-order valence-electron chi connectivity index (χ2n) is 8.67. The largest absolute Gasteiger partial charge is 0.203 e. The van der Waals surface area contributed by atoms with Crippen molar-refractivity contribution in [2.24, 2.45) is 5.92 Å². The molecule has 0 heterocycles. The summed E-state index contributed by atoms with van der Waals surface area (Å²) in [7, 11) is 0. The summed E-state index contributed by atoms with van der Waals surface area (Å²) in [5, 5.41) is 0. The molecule has 0 bridgehead atoms. The molecule has 2 rings (SSSR count). The van der Waals surface area contributed by atoms with Gasteiger partial charge in [0.15, 0.2) is 11.6 Å². The number of unbranched alkanes of at least 4 members (excludes halogenated alkanes) is 7. The molecule has 0 amide bonds. The predicted molar refractivity (Wildman–Crippen MR) is 112 cm³/mol. The van der Waals surface area contributed by atoms with E-state index in [0.717, 1.165) is 38.0 Å². The van der Waals surface area contributed by atoms with Gasteiger partial charge >= 0.3 is 0 Å². The first-order chi connectivity index (χ1) is 13.2. The summed E-state index contributed by atoms with van der Waals surface area (Å²) in [5.41, 5.74) is 1.19. The first-order valence-corrected chi connectivity index (χ1v) is 11.6. The summed E-state index contributed by atoms with van der Waals surface area (Å²) in [6.45, 7) is 4.38. The zero-order valence-electron chi connectivity index (χ0n) is 17.7. The minimum atomic E-state index is -0.585. The van der Waals surface area contributed by atoms with Gasteiger partial charge in [-0.15, -0.1) is 0 Å². The van der Waals surface area contributed by atoms with E-state index in [9.17, 15) is 8.78 Å². The Balaban J connectivity index is 1.77. The number of aryl methyl sites for hydroxylation is 1. The number of hydrogen-bond acceptors (Lipinski definition) is 0. The lowest BCUT2D eigenvalue weighted by Crippen LogP contribution is -2.15. The van der Waals surface area contributed by atoms with E-state index in [4.69, 9.17) is 0 Å². The predicted octanol–water partition coefficient (Wildman–Crippen LogP) is 8.72. The monoisotopic (exact) mass is 378 g/mol. The lowest BCUT2D eigenvalue weighted by molar-refractivity contribution is 0.296. The Morgan fingerprint density at radius 1 is 0.741 bits per heavy atom. The molecule has 0 aromatic heterocycles. The van der Waals surface area contributed by atoms with Crippen LogP contribution in [0.25, 0.3) is 0 Å². The Kier molecular flexibility index (Phi) is 10.4. The van der Waals surface area contributed by atoms with E-state index in [1.54, 1.807) is 0 Å². The van der Waals surface area contributed by atoms with Crippen LogP contribution < -0.4 is 0 Å². The molecule has 0 saturated heterocycles. The molecule has 1 aliphatic rings. The average molecular weight is 379 g/mol. The lowest BCUT2D eigenvalue weighted by Gasteiger charge is -2.29. The first kappa shape index (κ1) is 22.4. The van der Waals surface area contributed by atoms with E-state index in [-0.39, 0.29) is 5.92 Å². The van der Waals surface area contributed by atoms with Crippen LogP contribution in [0.15, 0.2) is 12.1 Å². The van der Waals surface area contributed by atoms with Crippen LogP contribution in [0.1, 0.15) is 121 Å². The van der Waals surface area contributed by atoms with Crippen molar-refractivity contribution in [3.05, 3.63) is 34.9 Å². The molecule has 1 aromatic rings. The third kappa shape index (κ3) is 7.20. The van der Waals surface area contributed by atoms with Gasteiger partial charge in [0.05, 0.1) is 0 Å². The molecular formula is C25H40F2. The van der Waals surface area contributed by atoms with Crippen molar-refractivity contribution in [2.45, 2.75) is 116 Å². The normalized spacial score (nSPS) is 20.1. The van der Waals surface area contributed by atoms with Crippen LogP contribution in [0.5, 0.6) is 0 Å². The third-order valence-electron chi connectivity index (χ3n) is 6.49. The number of rotatable bonds is 12. The van der Waals surface area contributed by atoms with Gasteiger partial charge < -0.3 is 0 Å². The molecule has 0 N–H and O–H groups in total. The third-order valence-corrected chi connectivity index (χ3v) is 6.49. The van der Waals surface area contributed by atoms with Gasteiger partial charge in [0, 0.05) is 0 Å². The average Bonchev–Trinajstić information content (AvgIpc) is 2.69. The lowest BCUT2D eigenvalue weighted by atomic mass is 9.76. The van der Waals surface area contributed by atoms with E-state index in [1.165, 1.54) is 57.8 Å². The van der Waals surface area contributed by atoms with Gasteiger partial charge in [-0.3, -0.25) is 0 Å². The maximum absolute atomic E-state index is 14.6.